The van der Waals surface area contributed by atoms with Crippen LogP contribution in [0, 0.1) is 0 Å². The third-order valence-electron chi connectivity index (χ3n) is 3.45. The van der Waals surface area contributed by atoms with Gasteiger partial charge in [0.15, 0.2) is 0 Å². The third kappa shape index (κ3) is 5.10. The lowest BCUT2D eigenvalue weighted by Crippen LogP contribution is -2.39. The number of urea groups is 1. The van der Waals surface area contributed by atoms with E-state index < -0.39 is 23.7 Å². The zero-order valence-electron chi connectivity index (χ0n) is 13.5. The average molecular weight is 357 g/mol. The van der Waals surface area contributed by atoms with Gasteiger partial charge in [0.1, 0.15) is 0 Å². The van der Waals surface area contributed by atoms with E-state index in [0.29, 0.717) is 22.2 Å². The molecule has 0 radical (unpaired) electrons. The van der Waals surface area contributed by atoms with E-state index in [0.717, 1.165) is 12.6 Å². The van der Waals surface area contributed by atoms with Crippen molar-refractivity contribution in [2.24, 2.45) is 7.05 Å². The van der Waals surface area contributed by atoms with Crippen LogP contribution in [0.25, 0.3) is 0 Å². The predicted molar refractivity (Wildman–Crippen MR) is 84.0 cm³/mol. The summed E-state index contributed by atoms with van der Waals surface area (Å²) in [7, 11) is 0.998. The summed E-state index contributed by atoms with van der Waals surface area (Å²) in [5.74, 6) is -1.27. The fraction of sp³-hybridized carbons (Fsp3) is 0.400. The fourth-order valence-corrected chi connectivity index (χ4v) is 2.18. The molecule has 2 aromatic rings. The smallest absolute Gasteiger partial charge is 0.338 e. The summed E-state index contributed by atoms with van der Waals surface area (Å²) in [4.78, 5) is 23.3. The topological polar surface area (TPSA) is 81.0 Å². The maximum absolute atomic E-state index is 12.7. The molecule has 1 heterocycles. The Morgan fingerprint density at radius 3 is 2.40 bits per heavy atom. The lowest BCUT2D eigenvalue weighted by atomic mass is 10.1. The second-order valence-corrected chi connectivity index (χ2v) is 5.30. The summed E-state index contributed by atoms with van der Waals surface area (Å²) >= 11 is 0. The van der Waals surface area contributed by atoms with Crippen molar-refractivity contribution < 1.29 is 18.0 Å². The van der Waals surface area contributed by atoms with Crippen molar-refractivity contribution in [3.05, 3.63) is 52.2 Å². The number of hydrogen-bond donors (Lipinski definition) is 2. The number of nitrogens with zero attached hydrogens (tertiary/aromatic N) is 3. The third-order valence-corrected chi connectivity index (χ3v) is 3.45. The van der Waals surface area contributed by atoms with Gasteiger partial charge in [-0.15, -0.1) is 5.10 Å². The lowest BCUT2D eigenvalue weighted by molar-refractivity contribution is -0.147. The van der Waals surface area contributed by atoms with Crippen LogP contribution in [-0.2, 0) is 26.2 Å². The van der Waals surface area contributed by atoms with E-state index >= 15 is 0 Å². The quantitative estimate of drug-likeness (QED) is 0.814. The second kappa shape index (κ2) is 7.86. The first kappa shape index (κ1) is 18.6. The largest absolute Gasteiger partial charge is 0.451 e. The summed E-state index contributed by atoms with van der Waals surface area (Å²) in [6.45, 7) is 0.234. The van der Waals surface area contributed by atoms with Crippen molar-refractivity contribution in [2.45, 2.75) is 19.1 Å². The molecular weight excluding hydrogens is 339 g/mol. The standard InChI is InChI=1S/C15H18F3N5O2/c1-22-12(15(16,17)18)21-23(14(22)25)10-9-20-13(24)19-8-7-11-5-3-2-4-6-11/h2-6H,7-10H2,1H3,(H2,19,20,24). The predicted octanol–water partition coefficient (Wildman–Crippen LogP) is 1.14. The maximum atomic E-state index is 12.7. The number of carbonyl (C=O) groups excluding carboxylic acids is 1. The molecule has 0 aliphatic heterocycles. The van der Waals surface area contributed by atoms with Gasteiger partial charge in [-0.25, -0.2) is 14.3 Å². The van der Waals surface area contributed by atoms with Crippen molar-refractivity contribution in [1.82, 2.24) is 25.0 Å². The van der Waals surface area contributed by atoms with Gasteiger partial charge in [-0.05, 0) is 12.0 Å². The Kier molecular flexibility index (Phi) is 5.84. The summed E-state index contributed by atoms with van der Waals surface area (Å²) < 4.78 is 39.1. The zero-order valence-corrected chi connectivity index (χ0v) is 13.5. The van der Waals surface area contributed by atoms with Crippen molar-refractivity contribution in [2.75, 3.05) is 13.1 Å². The number of rotatable bonds is 6. The molecule has 0 fully saturated rings. The number of carbonyl (C=O) groups is 1. The first-order valence-electron chi connectivity index (χ1n) is 7.55. The summed E-state index contributed by atoms with van der Waals surface area (Å²) in [6, 6.07) is 9.10. The van der Waals surface area contributed by atoms with Gasteiger partial charge in [0.2, 0.25) is 5.82 Å². The molecule has 136 valence electrons. The molecule has 0 saturated heterocycles. The lowest BCUT2D eigenvalue weighted by Gasteiger charge is -2.07. The highest BCUT2D eigenvalue weighted by Crippen LogP contribution is 2.25. The first-order valence-corrected chi connectivity index (χ1v) is 7.55. The monoisotopic (exact) mass is 357 g/mol. The summed E-state index contributed by atoms with van der Waals surface area (Å²) in [5.41, 5.74) is 0.182. The first-order chi connectivity index (χ1) is 11.8. The highest BCUT2D eigenvalue weighted by atomic mass is 19.4. The van der Waals surface area contributed by atoms with Crippen molar-refractivity contribution in [1.29, 1.82) is 0 Å². The van der Waals surface area contributed by atoms with Gasteiger partial charge in [-0.1, -0.05) is 30.3 Å². The number of halogens is 3. The van der Waals surface area contributed by atoms with Crippen molar-refractivity contribution in [3.63, 3.8) is 0 Å². The van der Waals surface area contributed by atoms with Crippen LogP contribution in [-0.4, -0.2) is 33.5 Å². The summed E-state index contributed by atoms with van der Waals surface area (Å²) in [5, 5.41) is 8.35. The Labute approximate surface area is 141 Å². The molecule has 0 bridgehead atoms. The number of amides is 2. The van der Waals surface area contributed by atoms with Crippen LogP contribution in [0.1, 0.15) is 11.4 Å². The number of nitrogens with one attached hydrogen (secondary N) is 2. The minimum atomic E-state index is -4.71. The van der Waals surface area contributed by atoms with E-state index in [-0.39, 0.29) is 13.1 Å². The highest BCUT2D eigenvalue weighted by molar-refractivity contribution is 5.73. The molecule has 0 atom stereocenters. The van der Waals surface area contributed by atoms with E-state index in [1.807, 2.05) is 30.3 Å². The molecule has 25 heavy (non-hydrogen) atoms. The number of alkyl halides is 3. The highest BCUT2D eigenvalue weighted by Gasteiger charge is 2.37. The number of hydrogen-bond acceptors (Lipinski definition) is 3. The summed E-state index contributed by atoms with van der Waals surface area (Å²) in [6.07, 6.45) is -4.05. The van der Waals surface area contributed by atoms with E-state index in [4.69, 9.17) is 0 Å². The Morgan fingerprint density at radius 2 is 1.80 bits per heavy atom. The van der Waals surface area contributed by atoms with Crippen LogP contribution < -0.4 is 16.3 Å². The van der Waals surface area contributed by atoms with Crippen LogP contribution in [0.5, 0.6) is 0 Å². The normalized spacial score (nSPS) is 11.4. The molecule has 0 spiro atoms. The number of benzene rings is 1. The molecule has 10 heteroatoms. The molecule has 1 aromatic carbocycles. The van der Waals surface area contributed by atoms with Crippen LogP contribution in [0.2, 0.25) is 0 Å². The van der Waals surface area contributed by atoms with Gasteiger partial charge in [0.25, 0.3) is 0 Å². The van der Waals surface area contributed by atoms with Gasteiger partial charge in [-0.3, -0.25) is 4.57 Å². The Morgan fingerprint density at radius 1 is 1.16 bits per heavy atom. The molecule has 7 nitrogen and oxygen atoms in total. The van der Waals surface area contributed by atoms with Crippen molar-refractivity contribution >= 4 is 6.03 Å². The fourth-order valence-electron chi connectivity index (χ4n) is 2.18. The number of aromatic nitrogens is 3. The van der Waals surface area contributed by atoms with Gasteiger partial charge in [-0.2, -0.15) is 13.2 Å². The van der Waals surface area contributed by atoms with Crippen LogP contribution >= 0.6 is 0 Å². The zero-order chi connectivity index (χ0) is 18.4. The molecule has 0 aliphatic carbocycles. The molecule has 0 saturated carbocycles. The van der Waals surface area contributed by atoms with Crippen LogP contribution in [0.4, 0.5) is 18.0 Å². The Balaban J connectivity index is 1.77. The van der Waals surface area contributed by atoms with E-state index in [2.05, 4.69) is 15.7 Å². The second-order valence-electron chi connectivity index (χ2n) is 5.30. The molecular formula is C15H18F3N5O2. The van der Waals surface area contributed by atoms with Crippen molar-refractivity contribution in [3.8, 4) is 0 Å². The molecule has 0 unspecified atom stereocenters. The molecule has 2 amide bonds. The van der Waals surface area contributed by atoms with Gasteiger partial charge in [0.05, 0.1) is 6.54 Å². The molecule has 0 aliphatic rings. The van der Waals surface area contributed by atoms with Gasteiger partial charge in [0, 0.05) is 20.1 Å². The SMILES string of the molecule is Cn1c(C(F)(F)F)nn(CCNC(=O)NCCc2ccccc2)c1=O. The van der Waals surface area contributed by atoms with Gasteiger partial charge >= 0.3 is 17.9 Å². The Hall–Kier alpha value is -2.78. The molecule has 2 rings (SSSR count). The molecule has 1 aromatic heterocycles. The Bertz CT molecular complexity index is 768. The minimum Gasteiger partial charge on any atom is -0.338 e. The maximum Gasteiger partial charge on any atom is 0.451 e. The minimum absolute atomic E-state index is 0.0224. The average Bonchev–Trinajstić information content (AvgIpc) is 2.84. The van der Waals surface area contributed by atoms with Crippen LogP contribution in [0.3, 0.4) is 0 Å². The van der Waals surface area contributed by atoms with Crippen LogP contribution in [0.15, 0.2) is 35.1 Å². The van der Waals surface area contributed by atoms with Gasteiger partial charge < -0.3 is 10.6 Å². The van der Waals surface area contributed by atoms with E-state index in [1.165, 1.54) is 0 Å². The van der Waals surface area contributed by atoms with E-state index in [1.54, 1.807) is 0 Å². The molecule has 2 N–H and O–H groups in total. The van der Waals surface area contributed by atoms with E-state index in [9.17, 15) is 22.8 Å².